The molecule has 0 aromatic carbocycles. The van der Waals surface area contributed by atoms with E-state index in [1.54, 1.807) is 0 Å². The highest BCUT2D eigenvalue weighted by molar-refractivity contribution is 5.92. The summed E-state index contributed by atoms with van der Waals surface area (Å²) in [5.74, 6) is 3.19. The lowest BCUT2D eigenvalue weighted by molar-refractivity contribution is 0.278. The summed E-state index contributed by atoms with van der Waals surface area (Å²) in [6, 6.07) is 0. The Morgan fingerprint density at radius 2 is 0.410 bits per heavy atom. The van der Waals surface area contributed by atoms with Crippen molar-refractivity contribution in [3.8, 4) is 0 Å². The first-order chi connectivity index (χ1) is 18.9. The van der Waals surface area contributed by atoms with E-state index in [2.05, 4.69) is 30.9 Å². The average Bonchev–Trinajstić information content (AvgIpc) is 2.95. The highest BCUT2D eigenvalue weighted by Crippen LogP contribution is 2.39. The van der Waals surface area contributed by atoms with Gasteiger partial charge in [0.05, 0.1) is 34.3 Å². The van der Waals surface area contributed by atoms with Crippen molar-refractivity contribution in [3.05, 3.63) is 0 Å². The fraction of sp³-hybridized carbons (Fsp3) is 0.778. The van der Waals surface area contributed by atoms with Crippen molar-refractivity contribution in [1.29, 1.82) is 0 Å². The van der Waals surface area contributed by atoms with E-state index in [1.807, 2.05) is 0 Å². The molecule has 6 aliphatic carbocycles. The minimum Gasteiger partial charge on any atom is -0.411 e. The molecule has 0 amide bonds. The molecule has 0 aromatic rings. The van der Waals surface area contributed by atoms with Gasteiger partial charge in [-0.1, -0.05) is 30.9 Å². The van der Waals surface area contributed by atoms with Gasteiger partial charge in [-0.15, -0.1) is 0 Å². The number of oxime groups is 6. The summed E-state index contributed by atoms with van der Waals surface area (Å²) in [5.41, 5.74) is 5.49. The lowest BCUT2D eigenvalue weighted by Crippen LogP contribution is -2.31. The highest BCUT2D eigenvalue weighted by atomic mass is 16.4. The Bertz CT molecular complexity index is 783. The molecule has 6 N–H and O–H groups in total. The first-order valence-corrected chi connectivity index (χ1v) is 14.1. The molecule has 12 nitrogen and oxygen atoms in total. The van der Waals surface area contributed by atoms with E-state index in [1.165, 1.54) is 19.3 Å². The molecule has 0 saturated heterocycles. The second-order valence-electron chi connectivity index (χ2n) is 12.4. The molecule has 0 aromatic heterocycles. The van der Waals surface area contributed by atoms with Gasteiger partial charge in [0, 0.05) is 0 Å². The van der Waals surface area contributed by atoms with E-state index in [0.717, 1.165) is 111 Å². The predicted octanol–water partition coefficient (Wildman–Crippen LogP) is 5.57. The number of fused-ring (bicyclic) bond motifs is 6. The Morgan fingerprint density at radius 3 is 0.513 bits per heavy atom. The van der Waals surface area contributed by atoms with E-state index in [9.17, 15) is 0 Å². The number of rotatable bonds is 0. The van der Waals surface area contributed by atoms with Crippen LogP contribution in [-0.4, -0.2) is 65.5 Å². The lowest BCUT2D eigenvalue weighted by Gasteiger charge is -2.34. The van der Waals surface area contributed by atoms with Crippen LogP contribution in [0.4, 0.5) is 0 Å². The largest absolute Gasteiger partial charge is 0.411 e. The number of hydrogen-bond acceptors (Lipinski definition) is 12. The van der Waals surface area contributed by atoms with Crippen molar-refractivity contribution in [2.75, 3.05) is 0 Å². The van der Waals surface area contributed by atoms with E-state index in [0.29, 0.717) is 35.5 Å². The van der Waals surface area contributed by atoms with Gasteiger partial charge in [-0.25, -0.2) is 0 Å². The van der Waals surface area contributed by atoms with E-state index >= 15 is 0 Å². The van der Waals surface area contributed by atoms with Crippen LogP contribution in [0.3, 0.4) is 0 Å². The smallest absolute Gasteiger partial charge is 0.0576 e. The van der Waals surface area contributed by atoms with Gasteiger partial charge in [0.2, 0.25) is 0 Å². The summed E-state index contributed by atoms with van der Waals surface area (Å²) in [5, 5.41) is 71.8. The Hall–Kier alpha value is -3.18. The molecule has 12 heteroatoms. The van der Waals surface area contributed by atoms with Crippen molar-refractivity contribution in [3.63, 3.8) is 0 Å². The molecule has 0 heterocycles. The van der Waals surface area contributed by atoms with Crippen LogP contribution in [0.1, 0.15) is 96.3 Å². The predicted molar refractivity (Wildman–Crippen MR) is 146 cm³/mol. The zero-order valence-corrected chi connectivity index (χ0v) is 22.4. The van der Waals surface area contributed by atoms with Gasteiger partial charge in [-0.05, 0) is 132 Å². The Labute approximate surface area is 228 Å². The fourth-order valence-electron chi connectivity index (χ4n) is 7.84. The van der Waals surface area contributed by atoms with Crippen LogP contribution in [0.25, 0.3) is 0 Å². The molecule has 6 aliphatic rings. The maximum Gasteiger partial charge on any atom is 0.0576 e. The summed E-state index contributed by atoms with van der Waals surface area (Å²) in [6.45, 7) is 0. The van der Waals surface area contributed by atoms with Gasteiger partial charge >= 0.3 is 0 Å². The van der Waals surface area contributed by atoms with Crippen molar-refractivity contribution < 1.29 is 31.2 Å². The first-order valence-electron chi connectivity index (χ1n) is 14.1. The Morgan fingerprint density at radius 1 is 0.282 bits per heavy atom. The zero-order valence-electron chi connectivity index (χ0n) is 22.4. The Kier molecular flexibility index (Phi) is 10.2. The maximum absolute atomic E-state index is 8.68. The SMILES string of the molecule is ON=C1CC2CC(=NO)CC(C1)C2.ON=C1CC2CC(=NO)CC(C1)C2.ON=C1CC2CC(=NO)CC(C1)C2. The van der Waals surface area contributed by atoms with Crippen molar-refractivity contribution in [2.45, 2.75) is 96.3 Å². The second-order valence-corrected chi connectivity index (χ2v) is 12.4. The minimum absolute atomic E-state index is 0.532. The average molecular weight is 547 g/mol. The lowest BCUT2D eigenvalue weighted by atomic mass is 9.71. The van der Waals surface area contributed by atoms with Gasteiger partial charge in [-0.3, -0.25) is 0 Å². The standard InChI is InChI=1S/3C9H14N2O2/c3*12-10-8-2-6-1-7(4-8)5-9(3-6)11-13/h3*6-7,12-13H,1-5H2. The molecule has 6 saturated carbocycles. The molecule has 0 spiro atoms. The second kappa shape index (κ2) is 13.7. The maximum atomic E-state index is 8.68. The van der Waals surface area contributed by atoms with E-state index in [4.69, 9.17) is 31.2 Å². The van der Waals surface area contributed by atoms with Crippen LogP contribution < -0.4 is 0 Å². The van der Waals surface area contributed by atoms with Crippen molar-refractivity contribution in [1.82, 2.24) is 0 Å². The van der Waals surface area contributed by atoms with Crippen LogP contribution >= 0.6 is 0 Å². The van der Waals surface area contributed by atoms with Crippen LogP contribution in [-0.2, 0) is 0 Å². The van der Waals surface area contributed by atoms with Crippen molar-refractivity contribution >= 4 is 34.3 Å². The third-order valence-electron chi connectivity index (χ3n) is 9.14. The molecule has 39 heavy (non-hydrogen) atoms. The van der Waals surface area contributed by atoms with Crippen molar-refractivity contribution in [2.24, 2.45) is 66.4 Å². The monoisotopic (exact) mass is 546 g/mol. The van der Waals surface area contributed by atoms with Gasteiger partial charge < -0.3 is 31.2 Å². The summed E-state index contributed by atoms with van der Waals surface area (Å²) in [7, 11) is 0. The topological polar surface area (TPSA) is 196 Å². The zero-order chi connectivity index (χ0) is 27.8. The molecule has 0 radical (unpaired) electrons. The molecule has 0 unspecified atom stereocenters. The van der Waals surface area contributed by atoms with Crippen LogP contribution in [0.2, 0.25) is 0 Å². The van der Waals surface area contributed by atoms with Crippen LogP contribution in [0, 0.1) is 35.5 Å². The molecular formula is C27H42N6O6. The molecular weight excluding hydrogens is 504 g/mol. The van der Waals surface area contributed by atoms with Gasteiger partial charge in [0.1, 0.15) is 0 Å². The van der Waals surface area contributed by atoms with Crippen LogP contribution in [0.15, 0.2) is 30.9 Å². The first kappa shape index (κ1) is 28.8. The number of hydrogen-bond donors (Lipinski definition) is 6. The van der Waals surface area contributed by atoms with E-state index in [-0.39, 0.29) is 0 Å². The molecule has 6 bridgehead atoms. The highest BCUT2D eigenvalue weighted by Gasteiger charge is 2.34. The third kappa shape index (κ3) is 7.92. The third-order valence-corrected chi connectivity index (χ3v) is 9.14. The molecule has 0 aliphatic heterocycles. The molecule has 216 valence electrons. The fourth-order valence-corrected chi connectivity index (χ4v) is 7.84. The van der Waals surface area contributed by atoms with Gasteiger partial charge in [-0.2, -0.15) is 0 Å². The molecule has 6 fully saturated rings. The summed E-state index contributed by atoms with van der Waals surface area (Å²) in [4.78, 5) is 0. The minimum atomic E-state index is 0.532. The molecule has 6 rings (SSSR count). The quantitative estimate of drug-likeness (QED) is 0.170. The summed E-state index contributed by atoms with van der Waals surface area (Å²) >= 11 is 0. The van der Waals surface area contributed by atoms with E-state index < -0.39 is 0 Å². The number of nitrogens with zero attached hydrogens (tertiary/aromatic N) is 6. The normalized spacial score (nSPS) is 32.9. The Balaban J connectivity index is 0.000000136. The van der Waals surface area contributed by atoms with Gasteiger partial charge in [0.25, 0.3) is 0 Å². The summed E-state index contributed by atoms with van der Waals surface area (Å²) < 4.78 is 0. The van der Waals surface area contributed by atoms with Crippen LogP contribution in [0.5, 0.6) is 0 Å². The summed E-state index contributed by atoms with van der Waals surface area (Å²) in [6.07, 6.45) is 14.0. The molecule has 0 atom stereocenters. The van der Waals surface area contributed by atoms with Gasteiger partial charge in [0.15, 0.2) is 0 Å².